The maximum Gasteiger partial charge on any atom is 0.309 e. The fourth-order valence-corrected chi connectivity index (χ4v) is 6.82. The normalized spacial score (nSPS) is 37.8. The smallest absolute Gasteiger partial charge is 0.309 e. The summed E-state index contributed by atoms with van der Waals surface area (Å²) in [7, 11) is 0. The molecule has 8 nitrogen and oxygen atoms in total. The minimum absolute atomic E-state index is 0.0524. The SMILES string of the molecule is Cc1nc2cc([C@@H]3C[C@H]4O[C@@]4(C)CCC[C@H](C)[C@H](O)[C@@H](CC4CO4)C(=O)C(C)(C)[C@@H](O)CC(=O)O3)ccc2s1. The maximum absolute atomic E-state index is 13.8. The van der Waals surface area contributed by atoms with E-state index in [1.54, 1.807) is 25.2 Å². The number of aryl methyl sites for hydroxylation is 1. The van der Waals surface area contributed by atoms with Crippen molar-refractivity contribution in [1.29, 1.82) is 0 Å². The summed E-state index contributed by atoms with van der Waals surface area (Å²) >= 11 is 1.62. The van der Waals surface area contributed by atoms with Crippen LogP contribution in [-0.4, -0.2) is 63.6 Å². The van der Waals surface area contributed by atoms with Crippen molar-refractivity contribution in [2.24, 2.45) is 17.3 Å². The Hall–Kier alpha value is -1.91. The zero-order chi connectivity index (χ0) is 28.1. The van der Waals surface area contributed by atoms with Crippen LogP contribution in [0.3, 0.4) is 0 Å². The highest BCUT2D eigenvalue weighted by molar-refractivity contribution is 7.18. The van der Waals surface area contributed by atoms with E-state index in [-0.39, 0.29) is 35.9 Å². The van der Waals surface area contributed by atoms with Crippen molar-refractivity contribution >= 4 is 33.3 Å². The number of ketones is 1. The first-order valence-electron chi connectivity index (χ1n) is 14.1. The Bertz CT molecular complexity index is 1220. The Morgan fingerprint density at radius 3 is 2.64 bits per heavy atom. The van der Waals surface area contributed by atoms with E-state index in [2.05, 4.69) is 11.9 Å². The molecule has 0 aliphatic carbocycles. The molecule has 214 valence electrons. The van der Waals surface area contributed by atoms with Gasteiger partial charge in [-0.15, -0.1) is 11.3 Å². The molecule has 2 aromatic rings. The Morgan fingerprint density at radius 2 is 1.92 bits per heavy atom. The minimum atomic E-state index is -1.26. The molecule has 3 fully saturated rings. The lowest BCUT2D eigenvalue weighted by Crippen LogP contribution is -2.47. The highest BCUT2D eigenvalue weighted by Crippen LogP contribution is 2.47. The molecule has 0 spiro atoms. The minimum Gasteiger partial charge on any atom is -0.457 e. The predicted molar refractivity (Wildman–Crippen MR) is 147 cm³/mol. The molecule has 1 aromatic heterocycles. The van der Waals surface area contributed by atoms with Gasteiger partial charge < -0.3 is 24.4 Å². The van der Waals surface area contributed by atoms with Crippen molar-refractivity contribution in [2.75, 3.05) is 6.61 Å². The van der Waals surface area contributed by atoms with E-state index in [9.17, 15) is 19.8 Å². The Labute approximate surface area is 234 Å². The van der Waals surface area contributed by atoms with E-state index < -0.39 is 35.6 Å². The van der Waals surface area contributed by atoms with E-state index in [1.165, 1.54) is 0 Å². The first kappa shape index (κ1) is 28.6. The van der Waals surface area contributed by atoms with E-state index in [1.807, 2.05) is 32.0 Å². The number of thiazole rings is 1. The highest BCUT2D eigenvalue weighted by Gasteiger charge is 2.53. The summed E-state index contributed by atoms with van der Waals surface area (Å²) in [6.45, 7) is 9.89. The molecule has 0 radical (unpaired) electrons. The first-order valence-corrected chi connectivity index (χ1v) is 15.0. The number of carbonyl (C=O) groups is 2. The van der Waals surface area contributed by atoms with Crippen molar-refractivity contribution in [3.63, 3.8) is 0 Å². The second-order valence-electron chi connectivity index (χ2n) is 12.6. The van der Waals surface area contributed by atoms with E-state index in [4.69, 9.17) is 14.2 Å². The van der Waals surface area contributed by atoms with Gasteiger partial charge in [0.1, 0.15) is 11.9 Å². The molecule has 39 heavy (non-hydrogen) atoms. The summed E-state index contributed by atoms with van der Waals surface area (Å²) in [5, 5.41) is 23.4. The number of nitrogens with zero attached hydrogens (tertiary/aromatic N) is 1. The fraction of sp³-hybridized carbons (Fsp3) is 0.700. The van der Waals surface area contributed by atoms with Gasteiger partial charge in [0.2, 0.25) is 0 Å². The number of hydrogen-bond acceptors (Lipinski definition) is 9. The average molecular weight is 560 g/mol. The average Bonchev–Trinajstić information content (AvgIpc) is 3.77. The van der Waals surface area contributed by atoms with Crippen molar-refractivity contribution < 1.29 is 34.0 Å². The Balaban J connectivity index is 1.41. The summed E-state index contributed by atoms with van der Waals surface area (Å²) in [5.41, 5.74) is 0.127. The lowest BCUT2D eigenvalue weighted by atomic mass is 9.71. The summed E-state index contributed by atoms with van der Waals surface area (Å²) < 4.78 is 18.6. The van der Waals surface area contributed by atoms with Gasteiger partial charge in [0, 0.05) is 12.3 Å². The van der Waals surface area contributed by atoms with Crippen LogP contribution in [-0.2, 0) is 23.8 Å². The summed E-state index contributed by atoms with van der Waals surface area (Å²) in [6.07, 6.45) is 0.189. The summed E-state index contributed by atoms with van der Waals surface area (Å²) in [5.74, 6) is -1.61. The predicted octanol–water partition coefficient (Wildman–Crippen LogP) is 4.67. The van der Waals surface area contributed by atoms with Crippen molar-refractivity contribution in [1.82, 2.24) is 4.98 Å². The van der Waals surface area contributed by atoms with Crippen molar-refractivity contribution in [3.05, 3.63) is 28.8 Å². The maximum atomic E-state index is 13.8. The standard InChI is InChI=1S/C30H41NO7S/c1-16-7-6-10-30(5)25(38-30)13-22(18-8-9-23-21(11-18)31-17(2)39-23)37-26(33)14-24(32)29(3,4)28(35)20(27(16)34)12-19-15-36-19/h8-9,11,16,19-20,22,24-25,27,32,34H,6-7,10,12-15H2,1-5H3/t16-,19?,20+,22-,24-,25+,27-,30-/m0/s1. The number of esters is 1. The van der Waals surface area contributed by atoms with Gasteiger partial charge in [-0.25, -0.2) is 4.98 Å². The topological polar surface area (TPSA) is 122 Å². The molecule has 2 N–H and O–H groups in total. The molecule has 0 bridgehead atoms. The van der Waals surface area contributed by atoms with Gasteiger partial charge in [-0.05, 0) is 56.7 Å². The van der Waals surface area contributed by atoms with Crippen molar-refractivity contribution in [2.45, 2.75) is 109 Å². The molecule has 9 heteroatoms. The van der Waals surface area contributed by atoms with E-state index >= 15 is 0 Å². The third kappa shape index (κ3) is 6.22. The summed E-state index contributed by atoms with van der Waals surface area (Å²) in [6, 6.07) is 5.93. The van der Waals surface area contributed by atoms with E-state index in [0.29, 0.717) is 19.4 Å². The van der Waals surface area contributed by atoms with Gasteiger partial charge in [-0.2, -0.15) is 0 Å². The van der Waals surface area contributed by atoms with Gasteiger partial charge in [0.25, 0.3) is 0 Å². The monoisotopic (exact) mass is 559 g/mol. The number of hydrogen-bond donors (Lipinski definition) is 2. The second kappa shape index (κ2) is 10.8. The molecule has 3 saturated heterocycles. The van der Waals surface area contributed by atoms with Crippen LogP contribution in [0.15, 0.2) is 18.2 Å². The molecule has 0 amide bonds. The number of cyclic esters (lactones) is 1. The third-order valence-electron chi connectivity index (χ3n) is 9.04. The van der Waals surface area contributed by atoms with Crippen LogP contribution < -0.4 is 0 Å². The highest BCUT2D eigenvalue weighted by atomic mass is 32.1. The second-order valence-corrected chi connectivity index (χ2v) is 13.8. The molecule has 8 atom stereocenters. The number of carbonyl (C=O) groups excluding carboxylic acids is 2. The molecule has 4 heterocycles. The number of Topliss-reactive ketones (excluding diaryl/α,β-unsaturated/α-hetero) is 1. The Kier molecular flexibility index (Phi) is 7.94. The number of fused-ring (bicyclic) bond motifs is 2. The zero-order valence-electron chi connectivity index (χ0n) is 23.5. The molecule has 1 aromatic carbocycles. The number of aromatic nitrogens is 1. The lowest BCUT2D eigenvalue weighted by Gasteiger charge is -2.36. The van der Waals surface area contributed by atoms with Crippen LogP contribution in [0.5, 0.6) is 0 Å². The third-order valence-corrected chi connectivity index (χ3v) is 9.99. The number of aliphatic hydroxyl groups excluding tert-OH is 2. The van der Waals surface area contributed by atoms with Crippen LogP contribution in [0.1, 0.15) is 82.9 Å². The first-order chi connectivity index (χ1) is 18.4. The molecule has 3 aliphatic rings. The van der Waals surface area contributed by atoms with Crippen LogP contribution in [0.25, 0.3) is 10.2 Å². The summed E-state index contributed by atoms with van der Waals surface area (Å²) in [4.78, 5) is 31.6. The fourth-order valence-electron chi connectivity index (χ4n) is 6.01. The van der Waals surface area contributed by atoms with Crippen LogP contribution in [0.4, 0.5) is 0 Å². The molecule has 3 aliphatic heterocycles. The molecule has 0 saturated carbocycles. The molecular formula is C30H41NO7S. The van der Waals surface area contributed by atoms with Gasteiger partial charge in [-0.1, -0.05) is 33.3 Å². The molecule has 5 rings (SSSR count). The lowest BCUT2D eigenvalue weighted by molar-refractivity contribution is -0.156. The number of ether oxygens (including phenoxy) is 3. The molecule has 1 unspecified atom stereocenters. The number of rotatable bonds is 3. The van der Waals surface area contributed by atoms with Gasteiger partial charge in [0.05, 0.1) is 63.7 Å². The van der Waals surface area contributed by atoms with Gasteiger partial charge >= 0.3 is 5.97 Å². The Morgan fingerprint density at radius 1 is 1.18 bits per heavy atom. The van der Waals surface area contributed by atoms with E-state index in [0.717, 1.165) is 40.1 Å². The zero-order valence-corrected chi connectivity index (χ0v) is 24.3. The quantitative estimate of drug-likeness (QED) is 0.411. The van der Waals surface area contributed by atoms with Crippen LogP contribution in [0.2, 0.25) is 0 Å². The number of epoxide rings is 2. The largest absolute Gasteiger partial charge is 0.457 e. The van der Waals surface area contributed by atoms with Crippen molar-refractivity contribution in [3.8, 4) is 0 Å². The molecular weight excluding hydrogens is 518 g/mol. The van der Waals surface area contributed by atoms with Crippen LogP contribution in [0, 0.1) is 24.2 Å². The van der Waals surface area contributed by atoms with Crippen LogP contribution >= 0.6 is 11.3 Å². The number of benzene rings is 1. The van der Waals surface area contributed by atoms with Gasteiger partial charge in [-0.3, -0.25) is 9.59 Å². The number of aliphatic hydroxyl groups is 2. The van der Waals surface area contributed by atoms with Gasteiger partial charge in [0.15, 0.2) is 0 Å².